The van der Waals surface area contributed by atoms with Crippen molar-refractivity contribution in [1.82, 2.24) is 40.7 Å². The molecule has 6 heterocycles. The molecule has 4 aliphatic heterocycles. The van der Waals surface area contributed by atoms with E-state index in [2.05, 4.69) is 41.1 Å². The second kappa shape index (κ2) is 20.0. The Morgan fingerprint density at radius 3 is 2.44 bits per heavy atom. The summed E-state index contributed by atoms with van der Waals surface area (Å²) in [5, 5.41) is 10.8. The number of hydrogen-bond acceptors (Lipinski definition) is 15. The zero-order chi connectivity index (χ0) is 50.1. The fourth-order valence-corrected chi connectivity index (χ4v) is 9.70. The first-order valence-electron chi connectivity index (χ1n) is 23.2. The smallest absolute Gasteiger partial charge is 0.342 e. The Bertz CT molecular complexity index is 2820. The van der Waals surface area contributed by atoms with Gasteiger partial charge in [-0.25, -0.2) is 9.37 Å². The SMILES string of the molecule is COc1cc(C(=O)NC2CCN(Cc3cncc(CNC(=O)COc4cccc5c4C(=O)N(C4CCC(=O)NC4=O)C5=O)c3)CC2)c(F)cc1Nc1ncc2c(n1)N(C1CCCC1)CC(F)(F)C(=O)N2C. The van der Waals surface area contributed by atoms with Gasteiger partial charge in [-0.3, -0.25) is 53.7 Å². The van der Waals surface area contributed by atoms with Gasteiger partial charge in [0.05, 0.1) is 42.2 Å². The number of anilines is 4. The highest BCUT2D eigenvalue weighted by atomic mass is 19.3. The predicted molar refractivity (Wildman–Crippen MR) is 247 cm³/mol. The molecule has 1 atom stereocenters. The van der Waals surface area contributed by atoms with Gasteiger partial charge in [0.25, 0.3) is 29.5 Å². The fourth-order valence-electron chi connectivity index (χ4n) is 9.70. The number of ether oxygens (including phenoxy) is 2. The molecule has 2 aromatic carbocycles. The van der Waals surface area contributed by atoms with Crippen molar-refractivity contribution in [2.24, 2.45) is 0 Å². The number of pyridine rings is 1. The fraction of sp³-hybridized carbons (Fsp3) is 0.417. The summed E-state index contributed by atoms with van der Waals surface area (Å²) in [6.07, 6.45) is 8.78. The highest BCUT2D eigenvalue weighted by molar-refractivity contribution is 6.24. The number of nitrogens with zero attached hydrogens (tertiary/aromatic N) is 7. The van der Waals surface area contributed by atoms with E-state index in [1.165, 1.54) is 49.5 Å². The van der Waals surface area contributed by atoms with Crippen LogP contribution < -0.4 is 40.5 Å². The van der Waals surface area contributed by atoms with E-state index in [0.29, 0.717) is 50.9 Å². The minimum absolute atomic E-state index is 0.00151. The Morgan fingerprint density at radius 2 is 1.69 bits per heavy atom. The number of carbonyl (C=O) groups excluding carboxylic acids is 7. The zero-order valence-electron chi connectivity index (χ0n) is 38.8. The first-order valence-corrected chi connectivity index (χ1v) is 23.2. The first kappa shape index (κ1) is 48.3. The van der Waals surface area contributed by atoms with Crippen LogP contribution in [-0.4, -0.2) is 131 Å². The molecule has 4 aromatic rings. The zero-order valence-corrected chi connectivity index (χ0v) is 38.8. The minimum atomic E-state index is -3.65. The molecule has 4 N–H and O–H groups in total. The minimum Gasteiger partial charge on any atom is -0.495 e. The quantitative estimate of drug-likeness (QED) is 0.132. The van der Waals surface area contributed by atoms with Crippen LogP contribution in [0.1, 0.15) is 93.6 Å². The molecule has 2 saturated heterocycles. The number of amides is 7. The highest BCUT2D eigenvalue weighted by Gasteiger charge is 2.49. The van der Waals surface area contributed by atoms with Crippen LogP contribution in [0.4, 0.5) is 36.3 Å². The molecule has 372 valence electrons. The summed E-state index contributed by atoms with van der Waals surface area (Å²) in [5.41, 5.74) is 1.53. The number of carbonyl (C=O) groups is 7. The van der Waals surface area contributed by atoms with Crippen LogP contribution in [0.2, 0.25) is 0 Å². The third kappa shape index (κ3) is 10.0. The molecule has 1 saturated carbocycles. The van der Waals surface area contributed by atoms with Gasteiger partial charge in [0.2, 0.25) is 17.8 Å². The summed E-state index contributed by atoms with van der Waals surface area (Å²) in [7, 11) is 2.60. The summed E-state index contributed by atoms with van der Waals surface area (Å²) >= 11 is 0. The Balaban J connectivity index is 0.755. The third-order valence-corrected chi connectivity index (χ3v) is 13.4. The van der Waals surface area contributed by atoms with Crippen molar-refractivity contribution in [3.05, 3.63) is 88.6 Å². The van der Waals surface area contributed by atoms with E-state index in [9.17, 15) is 33.6 Å². The summed E-state index contributed by atoms with van der Waals surface area (Å²) < 4.78 is 57.1. The normalized spacial score (nSPS) is 19.5. The molecule has 0 spiro atoms. The van der Waals surface area contributed by atoms with Crippen LogP contribution in [0.25, 0.3) is 0 Å². The second-order valence-corrected chi connectivity index (χ2v) is 18.1. The van der Waals surface area contributed by atoms with Crippen LogP contribution in [0.15, 0.2) is 55.0 Å². The molecular formula is C48H50F3N11O9. The number of likely N-dealkylation sites (tertiary alicyclic amines) is 1. The van der Waals surface area contributed by atoms with Crippen molar-refractivity contribution in [2.75, 3.05) is 55.5 Å². The molecule has 9 rings (SSSR count). The predicted octanol–water partition coefficient (Wildman–Crippen LogP) is 3.61. The van der Waals surface area contributed by atoms with Gasteiger partial charge in [-0.05, 0) is 67.5 Å². The lowest BCUT2D eigenvalue weighted by atomic mass is 10.0. The molecule has 0 radical (unpaired) electrons. The number of fused-ring (bicyclic) bond motifs is 2. The number of methoxy groups -OCH3 is 1. The maximum absolute atomic E-state index is 15.7. The monoisotopic (exact) mass is 981 g/mol. The molecule has 0 bridgehead atoms. The maximum atomic E-state index is 15.7. The molecule has 3 fully saturated rings. The van der Waals surface area contributed by atoms with Crippen molar-refractivity contribution in [3.8, 4) is 11.5 Å². The summed E-state index contributed by atoms with van der Waals surface area (Å²) in [6.45, 7) is 0.571. The van der Waals surface area contributed by atoms with Crippen LogP contribution in [0.3, 0.4) is 0 Å². The molecule has 20 nitrogen and oxygen atoms in total. The number of benzene rings is 2. The summed E-state index contributed by atoms with van der Waals surface area (Å²) in [5.74, 6) is -9.45. The van der Waals surface area contributed by atoms with Crippen molar-refractivity contribution < 1.29 is 56.2 Å². The van der Waals surface area contributed by atoms with Crippen molar-refractivity contribution in [1.29, 1.82) is 0 Å². The molecule has 71 heavy (non-hydrogen) atoms. The van der Waals surface area contributed by atoms with Gasteiger partial charge in [-0.15, -0.1) is 0 Å². The molecule has 2 aromatic heterocycles. The highest BCUT2D eigenvalue weighted by Crippen LogP contribution is 2.41. The number of imide groups is 2. The molecular weight excluding hydrogens is 932 g/mol. The second-order valence-electron chi connectivity index (χ2n) is 18.1. The molecule has 1 unspecified atom stereocenters. The van der Waals surface area contributed by atoms with E-state index < -0.39 is 72.3 Å². The molecule has 1 aliphatic carbocycles. The Morgan fingerprint density at radius 1 is 0.930 bits per heavy atom. The van der Waals surface area contributed by atoms with Gasteiger partial charge in [-0.2, -0.15) is 13.8 Å². The number of aromatic nitrogens is 3. The van der Waals surface area contributed by atoms with Crippen molar-refractivity contribution >= 4 is 64.5 Å². The average molecular weight is 982 g/mol. The first-order chi connectivity index (χ1) is 34.1. The number of hydrogen-bond donors (Lipinski definition) is 4. The Kier molecular flexibility index (Phi) is 13.6. The van der Waals surface area contributed by atoms with Crippen LogP contribution in [-0.2, 0) is 32.3 Å². The van der Waals surface area contributed by atoms with E-state index >= 15 is 13.2 Å². The van der Waals surface area contributed by atoms with Crippen LogP contribution >= 0.6 is 0 Å². The van der Waals surface area contributed by atoms with E-state index in [0.717, 1.165) is 34.3 Å². The molecule has 23 heteroatoms. The van der Waals surface area contributed by atoms with Gasteiger partial charge in [-0.1, -0.05) is 18.9 Å². The lowest BCUT2D eigenvalue weighted by Gasteiger charge is -2.32. The van der Waals surface area contributed by atoms with E-state index in [-0.39, 0.29) is 82.8 Å². The summed E-state index contributed by atoms with van der Waals surface area (Å²) in [6, 6.07) is 6.98. The van der Waals surface area contributed by atoms with Gasteiger partial charge in [0, 0.05) is 70.2 Å². The van der Waals surface area contributed by atoms with Crippen molar-refractivity contribution in [3.63, 3.8) is 0 Å². The third-order valence-electron chi connectivity index (χ3n) is 13.4. The molecule has 5 aliphatic rings. The lowest BCUT2D eigenvalue weighted by molar-refractivity contribution is -0.140. The lowest BCUT2D eigenvalue weighted by Crippen LogP contribution is -2.54. The van der Waals surface area contributed by atoms with Crippen LogP contribution in [0.5, 0.6) is 11.5 Å². The van der Waals surface area contributed by atoms with E-state index in [1.807, 2.05) is 6.07 Å². The van der Waals surface area contributed by atoms with E-state index in [4.69, 9.17) is 9.47 Å². The van der Waals surface area contributed by atoms with Crippen LogP contribution in [0, 0.1) is 5.82 Å². The summed E-state index contributed by atoms with van der Waals surface area (Å²) in [4.78, 5) is 108. The van der Waals surface area contributed by atoms with Gasteiger partial charge < -0.3 is 35.2 Å². The average Bonchev–Trinajstić information content (AvgIpc) is 3.97. The van der Waals surface area contributed by atoms with Gasteiger partial charge in [0.15, 0.2) is 12.4 Å². The number of rotatable bonds is 14. The number of nitrogens with one attached hydrogen (secondary N) is 4. The number of alkyl halides is 2. The van der Waals surface area contributed by atoms with Crippen molar-refractivity contribution in [2.45, 2.75) is 88.5 Å². The molecule has 7 amide bonds. The standard InChI is InChI=1S/C48H50F3N11O9/c1-59-35-22-54-47(58-41(35)61(29-6-3-4-7-29)25-48(50,51)46(59)69)56-33-18-32(49)31(17-37(33)70-2)42(65)55-28-12-14-60(15-13-28)23-27-16-26(19-52-20-27)21-53-39(64)24-71-36-9-5-8-30-40(36)45(68)62(44(30)67)34-10-11-38(63)57-43(34)66/h5,8-9,16-20,22,28-29,34H,3-4,6-7,10-15,21,23-25H2,1-2H3,(H,53,64)(H,55,65)(H,54,56,58)(H,57,63,66). The van der Waals surface area contributed by atoms with Gasteiger partial charge in [0.1, 0.15) is 29.0 Å². The maximum Gasteiger partial charge on any atom is 0.342 e. The topological polar surface area (TPSA) is 238 Å². The van der Waals surface area contributed by atoms with Gasteiger partial charge >= 0.3 is 5.92 Å². The van der Waals surface area contributed by atoms with E-state index in [1.54, 1.807) is 12.4 Å². The Labute approximate surface area is 404 Å². The number of piperidine rings is 2. The Hall–Kier alpha value is -7.69. The number of halogens is 3. The largest absolute Gasteiger partial charge is 0.495 e.